The van der Waals surface area contributed by atoms with Crippen molar-refractivity contribution in [3.8, 4) is 0 Å². The van der Waals surface area contributed by atoms with Gasteiger partial charge < -0.3 is 15.1 Å². The predicted molar refractivity (Wildman–Crippen MR) is 141 cm³/mol. The number of ketones is 1. The molecule has 1 atom stereocenters. The number of rotatable bonds is 8. The molecule has 0 bridgehead atoms. The number of fused-ring (bicyclic) bond motifs is 1. The SMILES string of the molecule is C.CN1C(=O)CN(C(=O)CNCC(=O)CCc2ccccc2)C(c2ccccc2)c2ccccc21.[HH]. The highest BCUT2D eigenvalue weighted by molar-refractivity contribution is 5.99. The molecule has 35 heavy (non-hydrogen) atoms. The third-order valence-electron chi connectivity index (χ3n) is 6.15. The van der Waals surface area contributed by atoms with Gasteiger partial charge in [0, 0.05) is 26.1 Å². The molecule has 0 saturated carbocycles. The molecule has 2 amide bonds. The number of likely N-dealkylation sites (N-methyl/N-ethyl adjacent to an activating group) is 1. The molecule has 1 N–H and O–H groups in total. The average molecular weight is 474 g/mol. The summed E-state index contributed by atoms with van der Waals surface area (Å²) in [5, 5.41) is 3.00. The summed E-state index contributed by atoms with van der Waals surface area (Å²) in [6, 6.07) is 26.9. The highest BCUT2D eigenvalue weighted by atomic mass is 16.2. The van der Waals surface area contributed by atoms with Crippen LogP contribution in [-0.4, -0.2) is 49.2 Å². The van der Waals surface area contributed by atoms with Gasteiger partial charge in [-0.2, -0.15) is 0 Å². The Morgan fingerprint density at radius 3 is 2.26 bits per heavy atom. The molecule has 3 aromatic rings. The van der Waals surface area contributed by atoms with Crippen LogP contribution in [0.25, 0.3) is 0 Å². The van der Waals surface area contributed by atoms with E-state index in [9.17, 15) is 14.4 Å². The van der Waals surface area contributed by atoms with Crippen LogP contribution in [0.5, 0.6) is 0 Å². The summed E-state index contributed by atoms with van der Waals surface area (Å²) in [7, 11) is 1.74. The first kappa shape index (κ1) is 25.8. The van der Waals surface area contributed by atoms with Crippen LogP contribution in [0.2, 0.25) is 0 Å². The molecular formula is C29H35N3O3. The minimum absolute atomic E-state index is 0. The third-order valence-corrected chi connectivity index (χ3v) is 6.15. The lowest BCUT2D eigenvalue weighted by Crippen LogP contribution is -2.45. The smallest absolute Gasteiger partial charge is 0.246 e. The van der Waals surface area contributed by atoms with Crippen molar-refractivity contribution in [2.45, 2.75) is 26.3 Å². The van der Waals surface area contributed by atoms with Crippen LogP contribution in [0, 0.1) is 0 Å². The quantitative estimate of drug-likeness (QED) is 0.531. The number of aryl methyl sites for hydroxylation is 1. The first-order valence-electron chi connectivity index (χ1n) is 11.5. The lowest BCUT2D eigenvalue weighted by Gasteiger charge is -2.30. The van der Waals surface area contributed by atoms with Crippen molar-refractivity contribution in [2.24, 2.45) is 0 Å². The Morgan fingerprint density at radius 1 is 0.914 bits per heavy atom. The van der Waals surface area contributed by atoms with E-state index >= 15 is 0 Å². The minimum Gasteiger partial charge on any atom is -0.321 e. The van der Waals surface area contributed by atoms with E-state index in [4.69, 9.17) is 0 Å². The zero-order valence-corrected chi connectivity index (χ0v) is 19.3. The van der Waals surface area contributed by atoms with Crippen molar-refractivity contribution < 1.29 is 15.8 Å². The molecule has 1 aliphatic rings. The third kappa shape index (κ3) is 6.22. The summed E-state index contributed by atoms with van der Waals surface area (Å²) in [6.45, 7) is 0.0691. The Morgan fingerprint density at radius 2 is 1.54 bits per heavy atom. The van der Waals surface area contributed by atoms with Crippen LogP contribution >= 0.6 is 0 Å². The van der Waals surface area contributed by atoms with Crippen molar-refractivity contribution in [1.82, 2.24) is 10.2 Å². The van der Waals surface area contributed by atoms with Gasteiger partial charge >= 0.3 is 0 Å². The number of hydrogen-bond acceptors (Lipinski definition) is 4. The molecule has 0 aliphatic carbocycles. The summed E-state index contributed by atoms with van der Waals surface area (Å²) in [6.07, 6.45) is 1.09. The fourth-order valence-corrected chi connectivity index (χ4v) is 4.32. The first-order chi connectivity index (χ1) is 16.5. The predicted octanol–water partition coefficient (Wildman–Crippen LogP) is 4.25. The number of nitrogens with zero attached hydrogens (tertiary/aromatic N) is 2. The van der Waals surface area contributed by atoms with E-state index in [0.29, 0.717) is 12.8 Å². The van der Waals surface area contributed by atoms with Gasteiger partial charge in [0.2, 0.25) is 11.8 Å². The second-order valence-electron chi connectivity index (χ2n) is 8.47. The zero-order valence-electron chi connectivity index (χ0n) is 19.3. The monoisotopic (exact) mass is 473 g/mol. The maximum absolute atomic E-state index is 13.3. The fraction of sp³-hybridized carbons (Fsp3) is 0.276. The van der Waals surface area contributed by atoms with Gasteiger partial charge in [-0.05, 0) is 23.6 Å². The zero-order chi connectivity index (χ0) is 23.9. The van der Waals surface area contributed by atoms with Gasteiger partial charge in [0.05, 0.1) is 19.1 Å². The second-order valence-corrected chi connectivity index (χ2v) is 8.47. The van der Waals surface area contributed by atoms with Crippen molar-refractivity contribution in [2.75, 3.05) is 31.6 Å². The summed E-state index contributed by atoms with van der Waals surface area (Å²) in [4.78, 5) is 41.8. The number of hydrogen-bond donors (Lipinski definition) is 1. The number of carbonyl (C=O) groups is 3. The van der Waals surface area contributed by atoms with Crippen LogP contribution in [0.3, 0.4) is 0 Å². The number of benzene rings is 3. The molecule has 0 spiro atoms. The van der Waals surface area contributed by atoms with Gasteiger partial charge in [-0.1, -0.05) is 86.3 Å². The first-order valence-corrected chi connectivity index (χ1v) is 11.5. The van der Waals surface area contributed by atoms with E-state index in [-0.39, 0.29) is 46.1 Å². The number of Topliss-reactive ketones (excluding diaryl/α,β-unsaturated/α-hetero) is 1. The molecule has 1 aliphatic heterocycles. The van der Waals surface area contributed by atoms with Crippen LogP contribution < -0.4 is 10.2 Å². The number of anilines is 1. The molecular weight excluding hydrogens is 438 g/mol. The van der Waals surface area contributed by atoms with Crippen molar-refractivity contribution in [3.63, 3.8) is 0 Å². The van der Waals surface area contributed by atoms with Gasteiger partial charge in [-0.15, -0.1) is 0 Å². The standard InChI is InChI=1S/C28H29N3O3.CH4.H2/c1-30-25-15-9-8-14-24(25)28(22-12-6-3-7-13-22)31(20-27(30)34)26(33)19-29-18-23(32)17-16-21-10-4-2-5-11-21;;/h2-15,28-29H,16-20H2,1H3;1H4;1H. The molecule has 0 fully saturated rings. The molecule has 0 saturated heterocycles. The van der Waals surface area contributed by atoms with Crippen molar-refractivity contribution in [3.05, 3.63) is 102 Å². The number of amides is 2. The van der Waals surface area contributed by atoms with Crippen LogP contribution in [0.15, 0.2) is 84.9 Å². The lowest BCUT2D eigenvalue weighted by atomic mass is 9.95. The van der Waals surface area contributed by atoms with E-state index in [1.54, 1.807) is 16.8 Å². The van der Waals surface area contributed by atoms with Gasteiger partial charge in [0.1, 0.15) is 12.3 Å². The second kappa shape index (κ2) is 12.1. The minimum atomic E-state index is -0.394. The summed E-state index contributed by atoms with van der Waals surface area (Å²) in [5.41, 5.74) is 3.74. The lowest BCUT2D eigenvalue weighted by molar-refractivity contribution is -0.135. The largest absolute Gasteiger partial charge is 0.321 e. The van der Waals surface area contributed by atoms with E-state index in [1.807, 2.05) is 84.9 Å². The molecule has 6 heteroatoms. The molecule has 4 rings (SSSR count). The van der Waals surface area contributed by atoms with E-state index < -0.39 is 6.04 Å². The Balaban J connectivity index is 0.00000228. The van der Waals surface area contributed by atoms with Gasteiger partial charge in [-0.25, -0.2) is 0 Å². The maximum atomic E-state index is 13.3. The van der Waals surface area contributed by atoms with Crippen molar-refractivity contribution >= 4 is 23.3 Å². The van der Waals surface area contributed by atoms with E-state index in [2.05, 4.69) is 5.32 Å². The summed E-state index contributed by atoms with van der Waals surface area (Å²) < 4.78 is 0. The summed E-state index contributed by atoms with van der Waals surface area (Å²) >= 11 is 0. The number of carbonyl (C=O) groups excluding carboxylic acids is 3. The molecule has 6 nitrogen and oxygen atoms in total. The molecule has 3 aromatic carbocycles. The van der Waals surface area contributed by atoms with Gasteiger partial charge in [0.15, 0.2) is 0 Å². The van der Waals surface area contributed by atoms with Gasteiger partial charge in [-0.3, -0.25) is 14.4 Å². The normalized spacial score (nSPS) is 15.1. The molecule has 1 heterocycles. The Labute approximate surface area is 209 Å². The maximum Gasteiger partial charge on any atom is 0.246 e. The average Bonchev–Trinajstić information content (AvgIpc) is 2.98. The molecule has 184 valence electrons. The Kier molecular flexibility index (Phi) is 8.92. The van der Waals surface area contributed by atoms with Crippen LogP contribution in [0.1, 0.15) is 38.0 Å². The number of para-hydroxylation sites is 1. The molecule has 0 radical (unpaired) electrons. The number of nitrogens with one attached hydrogen (secondary N) is 1. The van der Waals surface area contributed by atoms with Gasteiger partial charge in [0.25, 0.3) is 0 Å². The van der Waals surface area contributed by atoms with E-state index in [0.717, 1.165) is 22.4 Å². The summed E-state index contributed by atoms with van der Waals surface area (Å²) in [5.74, 6) is -0.324. The topological polar surface area (TPSA) is 69.7 Å². The fourth-order valence-electron chi connectivity index (χ4n) is 4.32. The highest BCUT2D eigenvalue weighted by Crippen LogP contribution is 2.37. The van der Waals surface area contributed by atoms with Crippen LogP contribution in [-0.2, 0) is 20.8 Å². The Bertz CT molecular complexity index is 1150. The van der Waals surface area contributed by atoms with Crippen LogP contribution in [0.4, 0.5) is 5.69 Å². The van der Waals surface area contributed by atoms with Crippen molar-refractivity contribution in [1.29, 1.82) is 0 Å². The highest BCUT2D eigenvalue weighted by Gasteiger charge is 2.35. The molecule has 0 aromatic heterocycles. The molecule has 1 unspecified atom stereocenters. The Hall–Kier alpha value is -3.77. The van der Waals surface area contributed by atoms with E-state index in [1.165, 1.54) is 0 Å².